The zero-order valence-electron chi connectivity index (χ0n) is 10.5. The minimum atomic E-state index is -0.0514. The summed E-state index contributed by atoms with van der Waals surface area (Å²) in [5.41, 5.74) is 2.39. The van der Waals surface area contributed by atoms with Crippen molar-refractivity contribution < 1.29 is 4.79 Å². The molecule has 0 aliphatic rings. The van der Waals surface area contributed by atoms with Gasteiger partial charge in [0.25, 0.3) is 5.91 Å². The summed E-state index contributed by atoms with van der Waals surface area (Å²) in [6.45, 7) is 0. The normalized spacial score (nSPS) is 10.6. The van der Waals surface area contributed by atoms with Gasteiger partial charge in [0, 0.05) is 30.5 Å². The monoisotopic (exact) mass is 251 g/mol. The second kappa shape index (κ2) is 4.57. The lowest BCUT2D eigenvalue weighted by Crippen LogP contribution is -2.26. The Labute approximate surface area is 110 Å². The van der Waals surface area contributed by atoms with Crippen molar-refractivity contribution in [3.63, 3.8) is 0 Å². The van der Waals surface area contributed by atoms with Crippen molar-refractivity contribution in [2.75, 3.05) is 11.9 Å². The molecule has 0 bridgehead atoms. The molecule has 0 saturated heterocycles. The van der Waals surface area contributed by atoms with Gasteiger partial charge < -0.3 is 9.88 Å². The van der Waals surface area contributed by atoms with E-state index in [1.807, 2.05) is 42.6 Å². The number of hydrogen-bond acceptors (Lipinski definition) is 2. The summed E-state index contributed by atoms with van der Waals surface area (Å²) in [5.74, 6) is -0.0514. The van der Waals surface area contributed by atoms with Crippen LogP contribution < -0.4 is 4.90 Å². The van der Waals surface area contributed by atoms with Crippen LogP contribution in [0.2, 0.25) is 0 Å². The van der Waals surface area contributed by atoms with Crippen molar-refractivity contribution in [2.45, 2.75) is 0 Å². The molecule has 19 heavy (non-hydrogen) atoms. The van der Waals surface area contributed by atoms with Crippen LogP contribution in [0.15, 0.2) is 55.0 Å². The van der Waals surface area contributed by atoms with Gasteiger partial charge in [-0.1, -0.05) is 6.07 Å². The highest BCUT2D eigenvalue weighted by Gasteiger charge is 2.13. The number of pyridine rings is 1. The predicted molar refractivity (Wildman–Crippen MR) is 75.3 cm³/mol. The Hall–Kier alpha value is -2.62. The highest BCUT2D eigenvalue weighted by Crippen LogP contribution is 2.18. The Balaban J connectivity index is 1.95. The number of carbonyl (C=O) groups is 1. The average molecular weight is 251 g/mol. The van der Waals surface area contributed by atoms with E-state index in [-0.39, 0.29) is 5.91 Å². The molecular formula is C15H13N3O. The molecule has 1 N–H and O–H groups in total. The molecule has 2 aromatic heterocycles. The smallest absolute Gasteiger partial charge is 0.258 e. The topological polar surface area (TPSA) is 49.0 Å². The Morgan fingerprint density at radius 1 is 1.26 bits per heavy atom. The standard InChI is InChI=1S/C15H13N3O/c1-18(13-3-2-7-16-10-13)15(19)12-5-4-11-6-8-17-14(11)9-12/h2-10,17H,1H3. The molecule has 0 radical (unpaired) electrons. The molecule has 1 aromatic carbocycles. The average Bonchev–Trinajstić information content (AvgIpc) is 2.94. The van der Waals surface area contributed by atoms with Gasteiger partial charge in [-0.15, -0.1) is 0 Å². The molecule has 0 unspecified atom stereocenters. The third-order valence-corrected chi connectivity index (χ3v) is 3.14. The van der Waals surface area contributed by atoms with Gasteiger partial charge in [-0.25, -0.2) is 0 Å². The van der Waals surface area contributed by atoms with E-state index < -0.39 is 0 Å². The zero-order chi connectivity index (χ0) is 13.2. The first-order chi connectivity index (χ1) is 9.25. The van der Waals surface area contributed by atoms with Crippen LogP contribution in [0, 0.1) is 0 Å². The number of aromatic nitrogens is 2. The van der Waals surface area contributed by atoms with Crippen molar-refractivity contribution in [3.05, 3.63) is 60.6 Å². The Morgan fingerprint density at radius 3 is 2.95 bits per heavy atom. The number of rotatable bonds is 2. The van der Waals surface area contributed by atoms with Gasteiger partial charge in [0.2, 0.25) is 0 Å². The lowest BCUT2D eigenvalue weighted by molar-refractivity contribution is 0.0993. The van der Waals surface area contributed by atoms with Gasteiger partial charge in [0.05, 0.1) is 11.9 Å². The number of hydrogen-bond donors (Lipinski definition) is 1. The number of benzene rings is 1. The zero-order valence-corrected chi connectivity index (χ0v) is 10.5. The van der Waals surface area contributed by atoms with Crippen molar-refractivity contribution in [2.24, 2.45) is 0 Å². The number of nitrogens with zero attached hydrogens (tertiary/aromatic N) is 2. The molecule has 4 heteroatoms. The van der Waals surface area contributed by atoms with E-state index in [4.69, 9.17) is 0 Å². The minimum Gasteiger partial charge on any atom is -0.361 e. The summed E-state index contributed by atoms with van der Waals surface area (Å²) in [6, 6.07) is 11.3. The van der Waals surface area contributed by atoms with Crippen molar-refractivity contribution in [3.8, 4) is 0 Å². The Kier molecular flexibility index (Phi) is 2.76. The van der Waals surface area contributed by atoms with Gasteiger partial charge in [-0.2, -0.15) is 0 Å². The van der Waals surface area contributed by atoms with Gasteiger partial charge >= 0.3 is 0 Å². The van der Waals surface area contributed by atoms with Crippen LogP contribution >= 0.6 is 0 Å². The summed E-state index contributed by atoms with van der Waals surface area (Å²) in [5, 5.41) is 1.10. The summed E-state index contributed by atoms with van der Waals surface area (Å²) in [6.07, 6.45) is 5.22. The molecule has 4 nitrogen and oxygen atoms in total. The molecule has 0 spiro atoms. The van der Waals surface area contributed by atoms with Crippen LogP contribution in [0.25, 0.3) is 10.9 Å². The Morgan fingerprint density at radius 2 is 2.16 bits per heavy atom. The SMILES string of the molecule is CN(C(=O)c1ccc2cc[nH]c2c1)c1cccnc1. The van der Waals surface area contributed by atoms with Crippen molar-refractivity contribution >= 4 is 22.5 Å². The molecule has 0 atom stereocenters. The highest BCUT2D eigenvalue weighted by molar-refractivity contribution is 6.07. The Bertz CT molecular complexity index is 718. The van der Waals surface area contributed by atoms with Crippen LogP contribution in [0.4, 0.5) is 5.69 Å². The fourth-order valence-electron chi connectivity index (χ4n) is 2.04. The molecule has 0 aliphatic carbocycles. The maximum absolute atomic E-state index is 12.4. The lowest BCUT2D eigenvalue weighted by atomic mass is 10.1. The van der Waals surface area contributed by atoms with E-state index in [1.165, 1.54) is 0 Å². The number of fused-ring (bicyclic) bond motifs is 1. The molecule has 0 saturated carbocycles. The summed E-state index contributed by atoms with van der Waals surface area (Å²) in [4.78, 5) is 21.1. The van der Waals surface area contributed by atoms with Crippen molar-refractivity contribution in [1.29, 1.82) is 0 Å². The van der Waals surface area contributed by atoms with Crippen molar-refractivity contribution in [1.82, 2.24) is 9.97 Å². The summed E-state index contributed by atoms with van der Waals surface area (Å²) >= 11 is 0. The fourth-order valence-corrected chi connectivity index (χ4v) is 2.04. The van der Waals surface area contributed by atoms with Crippen LogP contribution in [0.3, 0.4) is 0 Å². The number of nitrogens with one attached hydrogen (secondary N) is 1. The predicted octanol–water partition coefficient (Wildman–Crippen LogP) is 2.84. The first-order valence-electron chi connectivity index (χ1n) is 6.01. The molecule has 3 aromatic rings. The van der Waals surface area contributed by atoms with Crippen LogP contribution in [-0.4, -0.2) is 22.9 Å². The molecule has 1 amide bonds. The van der Waals surface area contributed by atoms with E-state index in [0.29, 0.717) is 5.56 Å². The maximum Gasteiger partial charge on any atom is 0.258 e. The molecule has 3 rings (SSSR count). The molecule has 0 aliphatic heterocycles. The minimum absolute atomic E-state index is 0.0514. The van der Waals surface area contributed by atoms with E-state index >= 15 is 0 Å². The number of amides is 1. The van der Waals surface area contributed by atoms with E-state index in [0.717, 1.165) is 16.6 Å². The number of aromatic amines is 1. The number of anilines is 1. The largest absolute Gasteiger partial charge is 0.361 e. The van der Waals surface area contributed by atoms with Gasteiger partial charge in [-0.3, -0.25) is 9.78 Å². The van der Waals surface area contributed by atoms with Crippen LogP contribution in [0.1, 0.15) is 10.4 Å². The fraction of sp³-hybridized carbons (Fsp3) is 0.0667. The molecule has 0 fully saturated rings. The summed E-state index contributed by atoms with van der Waals surface area (Å²) in [7, 11) is 1.75. The van der Waals surface area contributed by atoms with Gasteiger partial charge in [-0.05, 0) is 35.7 Å². The third-order valence-electron chi connectivity index (χ3n) is 3.14. The third kappa shape index (κ3) is 2.08. The van der Waals surface area contributed by atoms with Crippen LogP contribution in [0.5, 0.6) is 0 Å². The lowest BCUT2D eigenvalue weighted by Gasteiger charge is -2.16. The van der Waals surface area contributed by atoms with Gasteiger partial charge in [0.15, 0.2) is 0 Å². The number of H-pyrrole nitrogens is 1. The summed E-state index contributed by atoms with van der Waals surface area (Å²) < 4.78 is 0. The highest BCUT2D eigenvalue weighted by atomic mass is 16.2. The molecule has 94 valence electrons. The quantitative estimate of drug-likeness (QED) is 0.761. The second-order valence-electron chi connectivity index (χ2n) is 4.36. The van der Waals surface area contributed by atoms with E-state index in [9.17, 15) is 4.79 Å². The van der Waals surface area contributed by atoms with Crippen LogP contribution in [-0.2, 0) is 0 Å². The van der Waals surface area contributed by atoms with E-state index in [1.54, 1.807) is 24.3 Å². The van der Waals surface area contributed by atoms with E-state index in [2.05, 4.69) is 9.97 Å². The van der Waals surface area contributed by atoms with Gasteiger partial charge in [0.1, 0.15) is 0 Å². The second-order valence-corrected chi connectivity index (χ2v) is 4.36. The molecule has 2 heterocycles. The first-order valence-corrected chi connectivity index (χ1v) is 6.01. The molecular weight excluding hydrogens is 238 g/mol. The number of carbonyl (C=O) groups excluding carboxylic acids is 1. The first kappa shape index (κ1) is 11.5. The maximum atomic E-state index is 12.4.